The molecule has 2 aromatic rings. The highest BCUT2D eigenvalue weighted by molar-refractivity contribution is 6.39. The van der Waals surface area contributed by atoms with Gasteiger partial charge in [0, 0.05) is 35.0 Å². The van der Waals surface area contributed by atoms with Gasteiger partial charge in [0.25, 0.3) is 11.8 Å². The molecule has 8 heteroatoms. The van der Waals surface area contributed by atoms with E-state index in [0.29, 0.717) is 16.3 Å². The molecule has 0 atom stereocenters. The molecular formula is C25H24ClN3O4. The molecule has 2 aliphatic rings. The third-order valence-electron chi connectivity index (χ3n) is 6.04. The van der Waals surface area contributed by atoms with Crippen molar-refractivity contribution in [1.82, 2.24) is 5.32 Å². The number of barbiturate groups is 1. The number of rotatable bonds is 3. The Morgan fingerprint density at radius 1 is 1.12 bits per heavy atom. The topological polar surface area (TPSA) is 79.0 Å². The first-order chi connectivity index (χ1) is 15.5. The Morgan fingerprint density at radius 2 is 1.85 bits per heavy atom. The van der Waals surface area contributed by atoms with Crippen molar-refractivity contribution in [3.63, 3.8) is 0 Å². The van der Waals surface area contributed by atoms with Crippen LogP contribution in [0, 0.1) is 0 Å². The molecule has 0 spiro atoms. The summed E-state index contributed by atoms with van der Waals surface area (Å²) in [6, 6.07) is 9.26. The number of fused-ring (bicyclic) bond motifs is 1. The molecule has 0 saturated carbocycles. The van der Waals surface area contributed by atoms with Gasteiger partial charge in [-0.2, -0.15) is 0 Å². The van der Waals surface area contributed by atoms with E-state index in [4.69, 9.17) is 16.3 Å². The van der Waals surface area contributed by atoms with Gasteiger partial charge in [0.15, 0.2) is 0 Å². The maximum Gasteiger partial charge on any atom is 0.335 e. The van der Waals surface area contributed by atoms with Crippen molar-refractivity contribution < 1.29 is 19.1 Å². The molecule has 1 N–H and O–H groups in total. The van der Waals surface area contributed by atoms with Crippen LogP contribution >= 0.6 is 11.6 Å². The summed E-state index contributed by atoms with van der Waals surface area (Å²) in [4.78, 5) is 41.3. The van der Waals surface area contributed by atoms with E-state index in [0.717, 1.165) is 21.7 Å². The lowest BCUT2D eigenvalue weighted by Gasteiger charge is -2.41. The Labute approximate surface area is 197 Å². The van der Waals surface area contributed by atoms with Crippen molar-refractivity contribution in [3.8, 4) is 5.75 Å². The summed E-state index contributed by atoms with van der Waals surface area (Å²) >= 11 is 6.03. The van der Waals surface area contributed by atoms with Crippen LogP contribution in [0.4, 0.5) is 16.2 Å². The number of carbonyl (C=O) groups is 3. The lowest BCUT2D eigenvalue weighted by Crippen LogP contribution is -2.54. The SMILES string of the molecule is COc1cc2c(cc1/C=C1/C(=O)NC(=O)N(c3cccc(Cl)c3)C1=O)C(C)=CC(C)(C)N2C. The van der Waals surface area contributed by atoms with Crippen LogP contribution in [0.3, 0.4) is 0 Å². The first-order valence-corrected chi connectivity index (χ1v) is 10.7. The van der Waals surface area contributed by atoms with Crippen molar-refractivity contribution in [1.29, 1.82) is 0 Å². The normalized spacial score (nSPS) is 18.8. The second kappa shape index (κ2) is 8.08. The van der Waals surface area contributed by atoms with E-state index in [-0.39, 0.29) is 16.8 Å². The van der Waals surface area contributed by atoms with Gasteiger partial charge in [0.05, 0.1) is 18.3 Å². The summed E-state index contributed by atoms with van der Waals surface area (Å²) in [5, 5.41) is 2.59. The lowest BCUT2D eigenvalue weighted by atomic mass is 9.88. The zero-order valence-corrected chi connectivity index (χ0v) is 19.8. The number of nitrogens with one attached hydrogen (secondary N) is 1. The van der Waals surface area contributed by atoms with Crippen molar-refractivity contribution in [3.05, 3.63) is 64.2 Å². The van der Waals surface area contributed by atoms with Gasteiger partial charge in [0.2, 0.25) is 0 Å². The Hall–Kier alpha value is -3.58. The quantitative estimate of drug-likeness (QED) is 0.527. The number of nitrogens with zero attached hydrogens (tertiary/aromatic N) is 2. The van der Waals surface area contributed by atoms with Crippen molar-refractivity contribution in [2.24, 2.45) is 0 Å². The van der Waals surface area contributed by atoms with Gasteiger partial charge < -0.3 is 9.64 Å². The van der Waals surface area contributed by atoms with Crippen molar-refractivity contribution in [2.75, 3.05) is 24.0 Å². The van der Waals surface area contributed by atoms with Crippen LogP contribution in [-0.4, -0.2) is 37.5 Å². The minimum Gasteiger partial charge on any atom is -0.496 e. The molecule has 0 bridgehead atoms. The highest BCUT2D eigenvalue weighted by Gasteiger charge is 2.37. The third-order valence-corrected chi connectivity index (χ3v) is 6.27. The van der Waals surface area contributed by atoms with Crippen LogP contribution in [0.5, 0.6) is 5.75 Å². The number of likely N-dealkylation sites (N-methyl/N-ethyl adjacent to an activating group) is 1. The standard InChI is InChI=1S/C25H24ClN3O4/c1-14-13-25(2,3)28(4)20-12-21(33-5)15(9-18(14)20)10-19-22(30)27-24(32)29(23(19)31)17-8-6-7-16(26)11-17/h6-13H,1-5H3,(H,27,30,32)/b19-10-. The Bertz CT molecular complexity index is 1260. The summed E-state index contributed by atoms with van der Waals surface area (Å²) in [6.07, 6.45) is 3.62. The minimum atomic E-state index is -0.829. The Balaban J connectivity index is 1.82. The van der Waals surface area contributed by atoms with E-state index in [1.165, 1.54) is 19.3 Å². The summed E-state index contributed by atoms with van der Waals surface area (Å²) in [5.41, 5.74) is 3.48. The maximum atomic E-state index is 13.2. The highest BCUT2D eigenvalue weighted by Crippen LogP contribution is 2.42. The Morgan fingerprint density at radius 3 is 2.52 bits per heavy atom. The molecule has 2 aliphatic heterocycles. The van der Waals surface area contributed by atoms with Gasteiger partial charge in [-0.05, 0) is 56.7 Å². The van der Waals surface area contributed by atoms with Crippen molar-refractivity contribution in [2.45, 2.75) is 26.3 Å². The number of allylic oxidation sites excluding steroid dienone is 1. The van der Waals surface area contributed by atoms with Crippen LogP contribution in [-0.2, 0) is 9.59 Å². The smallest absolute Gasteiger partial charge is 0.335 e. The zero-order valence-electron chi connectivity index (χ0n) is 19.0. The lowest BCUT2D eigenvalue weighted by molar-refractivity contribution is -0.122. The number of carbonyl (C=O) groups excluding carboxylic acids is 3. The molecule has 2 heterocycles. The summed E-state index contributed by atoms with van der Waals surface area (Å²) < 4.78 is 5.59. The maximum absolute atomic E-state index is 13.2. The van der Waals surface area contributed by atoms with Gasteiger partial charge >= 0.3 is 6.03 Å². The molecule has 4 amide bonds. The van der Waals surface area contributed by atoms with Gasteiger partial charge in [-0.3, -0.25) is 14.9 Å². The minimum absolute atomic E-state index is 0.181. The molecule has 0 radical (unpaired) electrons. The highest BCUT2D eigenvalue weighted by atomic mass is 35.5. The fraction of sp³-hybridized carbons (Fsp3) is 0.240. The molecule has 33 heavy (non-hydrogen) atoms. The predicted molar refractivity (Wildman–Crippen MR) is 130 cm³/mol. The first-order valence-electron chi connectivity index (χ1n) is 10.4. The second-order valence-electron chi connectivity index (χ2n) is 8.59. The monoisotopic (exact) mass is 465 g/mol. The van der Waals surface area contributed by atoms with Crippen LogP contribution in [0.25, 0.3) is 11.6 Å². The van der Waals surface area contributed by atoms with Crippen LogP contribution in [0.1, 0.15) is 31.9 Å². The molecule has 4 rings (SSSR count). The van der Waals surface area contributed by atoms with E-state index in [9.17, 15) is 14.4 Å². The molecule has 7 nitrogen and oxygen atoms in total. The molecule has 2 aromatic carbocycles. The summed E-state index contributed by atoms with van der Waals surface area (Å²) in [5.74, 6) is -1.00. The molecule has 1 fully saturated rings. The molecular weight excluding hydrogens is 442 g/mol. The Kier molecular flexibility index (Phi) is 5.54. The van der Waals surface area contributed by atoms with E-state index < -0.39 is 17.8 Å². The first kappa shape index (κ1) is 22.6. The third kappa shape index (κ3) is 3.89. The number of halogens is 1. The molecule has 0 aliphatic carbocycles. The van der Waals surface area contributed by atoms with Gasteiger partial charge in [0.1, 0.15) is 11.3 Å². The number of hydrogen-bond donors (Lipinski definition) is 1. The fourth-order valence-electron chi connectivity index (χ4n) is 4.15. The van der Waals surface area contributed by atoms with E-state index in [2.05, 4.69) is 30.1 Å². The van der Waals surface area contributed by atoms with Gasteiger partial charge in [-0.15, -0.1) is 0 Å². The van der Waals surface area contributed by atoms with Crippen LogP contribution < -0.4 is 19.9 Å². The largest absolute Gasteiger partial charge is 0.496 e. The molecule has 0 unspecified atom stereocenters. The molecule has 170 valence electrons. The van der Waals surface area contributed by atoms with Gasteiger partial charge in [-0.1, -0.05) is 23.7 Å². The average molecular weight is 466 g/mol. The number of ether oxygens (including phenoxy) is 1. The predicted octanol–water partition coefficient (Wildman–Crippen LogP) is 4.65. The molecule has 0 aromatic heterocycles. The number of methoxy groups -OCH3 is 1. The average Bonchev–Trinajstić information content (AvgIpc) is 2.74. The van der Waals surface area contributed by atoms with Crippen molar-refractivity contribution >= 4 is 52.5 Å². The van der Waals surface area contributed by atoms with E-state index in [1.54, 1.807) is 18.2 Å². The number of imide groups is 2. The van der Waals surface area contributed by atoms with E-state index >= 15 is 0 Å². The van der Waals surface area contributed by atoms with Gasteiger partial charge in [-0.25, -0.2) is 9.69 Å². The van der Waals surface area contributed by atoms with Crippen LogP contribution in [0.2, 0.25) is 5.02 Å². The zero-order chi connectivity index (χ0) is 24.1. The number of amides is 4. The van der Waals surface area contributed by atoms with E-state index in [1.807, 2.05) is 26.1 Å². The number of anilines is 2. The number of benzene rings is 2. The fourth-order valence-corrected chi connectivity index (χ4v) is 4.33. The van der Waals surface area contributed by atoms with Crippen LogP contribution in [0.15, 0.2) is 48.0 Å². The second-order valence-corrected chi connectivity index (χ2v) is 9.03. The number of hydrogen-bond acceptors (Lipinski definition) is 5. The summed E-state index contributed by atoms with van der Waals surface area (Å²) in [7, 11) is 3.54. The summed E-state index contributed by atoms with van der Waals surface area (Å²) in [6.45, 7) is 6.26. The molecule has 1 saturated heterocycles. The number of urea groups is 1.